The van der Waals surface area contributed by atoms with Crippen LogP contribution in [0.4, 0.5) is 27.6 Å². The van der Waals surface area contributed by atoms with Gasteiger partial charge in [-0.25, -0.2) is 18.1 Å². The van der Waals surface area contributed by atoms with Crippen molar-refractivity contribution in [3.63, 3.8) is 0 Å². The van der Waals surface area contributed by atoms with Gasteiger partial charge in [0.15, 0.2) is 11.6 Å². The molecule has 0 saturated carbocycles. The van der Waals surface area contributed by atoms with E-state index in [9.17, 15) is 41.1 Å². The average molecular weight is 532 g/mol. The van der Waals surface area contributed by atoms with Gasteiger partial charge < -0.3 is 9.47 Å². The number of rotatable bonds is 10. The second-order valence-electron chi connectivity index (χ2n) is 7.34. The van der Waals surface area contributed by atoms with Gasteiger partial charge in [0.05, 0.1) is 18.7 Å². The molecule has 2 aromatic carbocycles. The van der Waals surface area contributed by atoms with Gasteiger partial charge in [-0.1, -0.05) is 0 Å². The van der Waals surface area contributed by atoms with Crippen LogP contribution in [0.25, 0.3) is 0 Å². The molecule has 0 radical (unpaired) electrons. The van der Waals surface area contributed by atoms with Crippen molar-refractivity contribution in [3.05, 3.63) is 65.0 Å². The maximum Gasteiger partial charge on any atom is 0.311 e. The van der Waals surface area contributed by atoms with Gasteiger partial charge in [0.1, 0.15) is 11.6 Å². The van der Waals surface area contributed by atoms with Crippen LogP contribution in [-0.2, 0) is 25.6 Å². The van der Waals surface area contributed by atoms with Crippen molar-refractivity contribution in [2.45, 2.75) is 25.7 Å². The zero-order valence-corrected chi connectivity index (χ0v) is 18.8. The minimum absolute atomic E-state index is 0.0174. The Labute approximate surface area is 205 Å². The van der Waals surface area contributed by atoms with Gasteiger partial charge in [-0.15, -0.1) is 0 Å². The van der Waals surface area contributed by atoms with Crippen molar-refractivity contribution in [3.8, 4) is 11.5 Å². The Hall–Kier alpha value is -3.80. The minimum Gasteiger partial charge on any atom is -0.493 e. The van der Waals surface area contributed by atoms with E-state index in [2.05, 4.69) is 4.74 Å². The van der Waals surface area contributed by atoms with Crippen molar-refractivity contribution >= 4 is 40.3 Å². The molecule has 0 bridgehead atoms. The number of hydrogen-bond donors (Lipinski definition) is 0. The van der Waals surface area contributed by atoms with Crippen LogP contribution in [0.15, 0.2) is 30.4 Å². The molecule has 36 heavy (non-hydrogen) atoms. The summed E-state index contributed by atoms with van der Waals surface area (Å²) in [6.07, 6.45) is 0.989. The molecule has 0 N–H and O–H groups in total. The molecule has 1 aliphatic rings. The number of esters is 1. The van der Waals surface area contributed by atoms with Gasteiger partial charge in [-0.2, -0.15) is 8.78 Å². The second-order valence-corrected chi connectivity index (χ2v) is 7.76. The smallest absolute Gasteiger partial charge is 0.311 e. The standard InChI is InChI=1S/C23H15ClF5NO6/c24-17(31)2-1-7-35-16-10-15(30-18(32)4-5-19(30)33)12(25)8-11(16)3-6-20(34)36-23-21(28)13(26)9-14(27)22(23)29/h4-5,8-10H,1-3,6-7H2. The van der Waals surface area contributed by atoms with Crippen molar-refractivity contribution in [1.82, 2.24) is 0 Å². The maximum atomic E-state index is 14.8. The Kier molecular flexibility index (Phi) is 8.41. The van der Waals surface area contributed by atoms with E-state index >= 15 is 0 Å². The van der Waals surface area contributed by atoms with Crippen molar-refractivity contribution in [2.24, 2.45) is 0 Å². The van der Waals surface area contributed by atoms with Crippen LogP contribution >= 0.6 is 11.6 Å². The van der Waals surface area contributed by atoms with Crippen LogP contribution in [0, 0.1) is 29.1 Å². The Morgan fingerprint density at radius 2 is 1.47 bits per heavy atom. The fourth-order valence-corrected chi connectivity index (χ4v) is 3.29. The molecule has 0 aliphatic carbocycles. The van der Waals surface area contributed by atoms with E-state index in [0.29, 0.717) is 4.90 Å². The van der Waals surface area contributed by atoms with E-state index in [1.807, 2.05) is 0 Å². The number of aryl methyl sites for hydroxylation is 1. The van der Waals surface area contributed by atoms with E-state index in [4.69, 9.17) is 16.3 Å². The first-order valence-electron chi connectivity index (χ1n) is 10.2. The van der Waals surface area contributed by atoms with Crippen molar-refractivity contribution in [1.29, 1.82) is 0 Å². The van der Waals surface area contributed by atoms with Crippen molar-refractivity contribution < 1.29 is 50.6 Å². The lowest BCUT2D eigenvalue weighted by Crippen LogP contribution is -2.30. The van der Waals surface area contributed by atoms with Gasteiger partial charge in [-0.3, -0.25) is 19.2 Å². The van der Waals surface area contributed by atoms with E-state index in [-0.39, 0.29) is 43.2 Å². The lowest BCUT2D eigenvalue weighted by atomic mass is 10.1. The minimum atomic E-state index is -1.91. The summed E-state index contributed by atoms with van der Waals surface area (Å²) < 4.78 is 78.9. The van der Waals surface area contributed by atoms with E-state index < -0.39 is 70.0 Å². The van der Waals surface area contributed by atoms with Crippen LogP contribution < -0.4 is 14.4 Å². The molecule has 2 amide bonds. The molecule has 1 aliphatic heterocycles. The molecule has 0 spiro atoms. The first-order chi connectivity index (χ1) is 17.0. The van der Waals surface area contributed by atoms with Crippen LogP contribution in [0.3, 0.4) is 0 Å². The quantitative estimate of drug-likeness (QED) is 0.0865. The number of carbonyl (C=O) groups excluding carboxylic acids is 4. The van der Waals surface area contributed by atoms with Crippen LogP contribution in [-0.4, -0.2) is 29.6 Å². The summed E-state index contributed by atoms with van der Waals surface area (Å²) in [6.45, 7) is -0.0971. The van der Waals surface area contributed by atoms with Crippen molar-refractivity contribution in [2.75, 3.05) is 11.5 Å². The molecular formula is C23H15ClF5NO6. The molecule has 7 nitrogen and oxygen atoms in total. The summed E-state index contributed by atoms with van der Waals surface area (Å²) >= 11 is 5.26. The average Bonchev–Trinajstić information content (AvgIpc) is 3.15. The number of nitrogens with zero attached hydrogens (tertiary/aromatic N) is 1. The number of anilines is 1. The molecule has 2 aromatic rings. The highest BCUT2D eigenvalue weighted by atomic mass is 35.5. The molecular weight excluding hydrogens is 517 g/mol. The lowest BCUT2D eigenvalue weighted by molar-refractivity contribution is -0.134. The van der Waals surface area contributed by atoms with Gasteiger partial charge in [-0.05, 0) is 36.1 Å². The Bertz CT molecular complexity index is 1240. The molecule has 0 unspecified atom stereocenters. The Morgan fingerprint density at radius 3 is 2.06 bits per heavy atom. The van der Waals surface area contributed by atoms with E-state index in [1.165, 1.54) is 0 Å². The van der Waals surface area contributed by atoms with Gasteiger partial charge in [0.25, 0.3) is 11.8 Å². The van der Waals surface area contributed by atoms with Gasteiger partial charge in [0.2, 0.25) is 22.6 Å². The third-order valence-corrected chi connectivity index (χ3v) is 5.03. The summed E-state index contributed by atoms with van der Waals surface area (Å²) in [5.74, 6) is -13.0. The molecule has 13 heteroatoms. The fourth-order valence-electron chi connectivity index (χ4n) is 3.16. The van der Waals surface area contributed by atoms with Gasteiger partial charge >= 0.3 is 5.97 Å². The third kappa shape index (κ3) is 6.06. The number of benzene rings is 2. The zero-order chi connectivity index (χ0) is 26.6. The molecule has 0 aromatic heterocycles. The fraction of sp³-hybridized carbons (Fsp3) is 0.217. The summed E-state index contributed by atoms with van der Waals surface area (Å²) in [7, 11) is 0. The number of ether oxygens (including phenoxy) is 2. The molecule has 1 heterocycles. The third-order valence-electron chi connectivity index (χ3n) is 4.84. The monoisotopic (exact) mass is 531 g/mol. The van der Waals surface area contributed by atoms with Crippen LogP contribution in [0.5, 0.6) is 11.5 Å². The SMILES string of the molecule is O=C(Cl)CCCOc1cc(N2C(=O)C=CC2=O)c(F)cc1CCC(=O)Oc1c(F)c(F)cc(F)c1F. The molecule has 0 saturated heterocycles. The number of amides is 2. The summed E-state index contributed by atoms with van der Waals surface area (Å²) in [5, 5.41) is -0.631. The summed E-state index contributed by atoms with van der Waals surface area (Å²) in [4.78, 5) is 47.5. The summed E-state index contributed by atoms with van der Waals surface area (Å²) in [6, 6.07) is 1.84. The Morgan fingerprint density at radius 1 is 0.861 bits per heavy atom. The first-order valence-corrected chi connectivity index (χ1v) is 10.6. The predicted molar refractivity (Wildman–Crippen MR) is 114 cm³/mol. The first kappa shape index (κ1) is 26.8. The molecule has 0 fully saturated rings. The predicted octanol–water partition coefficient (Wildman–Crippen LogP) is 4.27. The number of hydrogen-bond acceptors (Lipinski definition) is 6. The van der Waals surface area contributed by atoms with E-state index in [0.717, 1.165) is 24.3 Å². The van der Waals surface area contributed by atoms with Crippen LogP contribution in [0.1, 0.15) is 24.8 Å². The van der Waals surface area contributed by atoms with Gasteiger partial charge in [0, 0.05) is 30.7 Å². The highest BCUT2D eigenvalue weighted by Crippen LogP contribution is 2.32. The lowest BCUT2D eigenvalue weighted by Gasteiger charge is -2.19. The number of imide groups is 1. The second kappa shape index (κ2) is 11.3. The highest BCUT2D eigenvalue weighted by Gasteiger charge is 2.29. The normalized spacial score (nSPS) is 12.9. The molecule has 0 atom stereocenters. The Balaban J connectivity index is 1.81. The highest BCUT2D eigenvalue weighted by molar-refractivity contribution is 6.63. The van der Waals surface area contributed by atoms with Crippen LogP contribution in [0.2, 0.25) is 0 Å². The number of halogens is 6. The maximum absolute atomic E-state index is 14.8. The number of carbonyl (C=O) groups is 4. The van der Waals surface area contributed by atoms with E-state index in [1.54, 1.807) is 0 Å². The summed E-state index contributed by atoms with van der Waals surface area (Å²) in [5.41, 5.74) is -0.423. The zero-order valence-electron chi connectivity index (χ0n) is 18.1. The largest absolute Gasteiger partial charge is 0.493 e. The topological polar surface area (TPSA) is 90.0 Å². The molecule has 190 valence electrons. The molecule has 3 rings (SSSR count).